The highest BCUT2D eigenvalue weighted by Gasteiger charge is 2.47. The van der Waals surface area contributed by atoms with Gasteiger partial charge in [-0.2, -0.15) is 0 Å². The van der Waals surface area contributed by atoms with E-state index in [1.165, 1.54) is 0 Å². The van der Waals surface area contributed by atoms with Crippen molar-refractivity contribution in [3.63, 3.8) is 0 Å². The first-order valence-electron chi connectivity index (χ1n) is 13.2. The van der Waals surface area contributed by atoms with E-state index < -0.39 is 20.0 Å². The fraction of sp³-hybridized carbons (Fsp3) is 0.586. The van der Waals surface area contributed by atoms with Gasteiger partial charge >= 0.3 is 0 Å². The molecule has 2 N–H and O–H groups in total. The minimum atomic E-state index is -2.06. The molecule has 0 saturated carbocycles. The second-order valence-corrected chi connectivity index (χ2v) is 16.8. The summed E-state index contributed by atoms with van der Waals surface area (Å²) >= 11 is 0. The van der Waals surface area contributed by atoms with Crippen LogP contribution in [-0.4, -0.2) is 49.2 Å². The molecule has 35 heavy (non-hydrogen) atoms. The Bertz CT molecular complexity index is 964. The summed E-state index contributed by atoms with van der Waals surface area (Å²) in [5.41, 5.74) is 2.46. The third kappa shape index (κ3) is 4.91. The molecule has 2 heterocycles. The molecule has 5 nitrogen and oxygen atoms in total. The van der Waals surface area contributed by atoms with E-state index in [0.29, 0.717) is 36.1 Å². The maximum atomic E-state index is 11.3. The zero-order valence-electron chi connectivity index (χ0n) is 22.2. The van der Waals surface area contributed by atoms with Gasteiger partial charge in [0, 0.05) is 24.7 Å². The van der Waals surface area contributed by atoms with Crippen LogP contribution in [-0.2, 0) is 5.60 Å². The Morgan fingerprint density at radius 3 is 2.11 bits per heavy atom. The third-order valence-corrected chi connectivity index (χ3v) is 14.5. The van der Waals surface area contributed by atoms with Gasteiger partial charge in [-0.1, -0.05) is 71.9 Å². The largest absolute Gasteiger partial charge is 0.543 e. The van der Waals surface area contributed by atoms with E-state index in [-0.39, 0.29) is 6.04 Å². The molecule has 2 aromatic carbocycles. The van der Waals surface area contributed by atoms with Crippen molar-refractivity contribution in [3.05, 3.63) is 59.7 Å². The summed E-state index contributed by atoms with van der Waals surface area (Å²) in [5, 5.41) is 22.5. The smallest absolute Gasteiger partial charge is 0.258 e. The molecule has 0 bridgehead atoms. The number of fused-ring (bicyclic) bond motifs is 1. The summed E-state index contributed by atoms with van der Waals surface area (Å²) in [7, 11) is -2.06. The van der Waals surface area contributed by atoms with Crippen LogP contribution in [0.25, 0.3) is 0 Å². The summed E-state index contributed by atoms with van der Waals surface area (Å²) in [5.74, 6) is 1.58. The van der Waals surface area contributed by atoms with Crippen molar-refractivity contribution < 1.29 is 19.4 Å². The predicted octanol–water partition coefficient (Wildman–Crippen LogP) is 6.02. The Morgan fingerprint density at radius 1 is 0.943 bits per heavy atom. The highest BCUT2D eigenvalue weighted by Crippen LogP contribution is 2.45. The summed E-state index contributed by atoms with van der Waals surface area (Å²) in [4.78, 5) is 2.27. The summed E-state index contributed by atoms with van der Waals surface area (Å²) in [6, 6.07) is 15.8. The monoisotopic (exact) mass is 497 g/mol. The van der Waals surface area contributed by atoms with Gasteiger partial charge in [0.15, 0.2) is 0 Å². The van der Waals surface area contributed by atoms with Gasteiger partial charge in [-0.25, -0.2) is 0 Å². The van der Waals surface area contributed by atoms with E-state index in [4.69, 9.17) is 9.16 Å². The molecule has 2 aliphatic heterocycles. The van der Waals surface area contributed by atoms with Crippen LogP contribution in [0.5, 0.6) is 11.5 Å². The molecule has 2 atom stereocenters. The van der Waals surface area contributed by atoms with Crippen molar-refractivity contribution in [2.45, 2.75) is 88.8 Å². The first-order valence-corrected chi connectivity index (χ1v) is 15.4. The number of rotatable bonds is 7. The molecule has 0 amide bonds. The number of piperidine rings is 1. The molecule has 0 aromatic heterocycles. The maximum Gasteiger partial charge on any atom is 0.258 e. The topological polar surface area (TPSA) is 62.2 Å². The SMILES string of the molecule is CC(C)[Si](Oc1ccc2c(c1)OC[C@H](N1CCC(O)(c3ccccc3)CC1)[C@H]2O)(C(C)C)C(C)C. The number of benzene rings is 2. The molecule has 0 radical (unpaired) electrons. The molecular formula is C29H43NO4Si. The van der Waals surface area contributed by atoms with Crippen LogP contribution in [0.4, 0.5) is 0 Å². The summed E-state index contributed by atoms with van der Waals surface area (Å²) in [6.07, 6.45) is 0.663. The lowest BCUT2D eigenvalue weighted by Gasteiger charge is -2.45. The van der Waals surface area contributed by atoms with Crippen LogP contribution >= 0.6 is 0 Å². The van der Waals surface area contributed by atoms with E-state index in [1.807, 2.05) is 48.5 Å². The Balaban J connectivity index is 1.47. The molecular weight excluding hydrogens is 454 g/mol. The zero-order valence-corrected chi connectivity index (χ0v) is 23.2. The maximum absolute atomic E-state index is 11.3. The highest BCUT2D eigenvalue weighted by atomic mass is 28.4. The third-order valence-electron chi connectivity index (χ3n) is 8.48. The molecule has 0 spiro atoms. The van der Waals surface area contributed by atoms with E-state index >= 15 is 0 Å². The lowest BCUT2D eigenvalue weighted by Crippen LogP contribution is -2.52. The van der Waals surface area contributed by atoms with Gasteiger partial charge in [0.25, 0.3) is 8.32 Å². The molecule has 1 fully saturated rings. The minimum Gasteiger partial charge on any atom is -0.543 e. The second-order valence-electron chi connectivity index (χ2n) is 11.4. The number of ether oxygens (including phenoxy) is 1. The predicted molar refractivity (Wildman–Crippen MR) is 144 cm³/mol. The molecule has 2 aromatic rings. The summed E-state index contributed by atoms with van der Waals surface area (Å²) < 4.78 is 13.0. The van der Waals surface area contributed by atoms with Crippen molar-refractivity contribution >= 4 is 8.32 Å². The van der Waals surface area contributed by atoms with E-state index in [9.17, 15) is 10.2 Å². The Labute approximate surface area is 212 Å². The first kappa shape index (κ1) is 26.2. The number of hydrogen-bond acceptors (Lipinski definition) is 5. The van der Waals surface area contributed by atoms with Crippen molar-refractivity contribution in [3.8, 4) is 11.5 Å². The highest BCUT2D eigenvalue weighted by molar-refractivity contribution is 6.78. The molecule has 2 aliphatic rings. The Hall–Kier alpha value is -1.86. The number of aliphatic hydroxyl groups excluding tert-OH is 1. The quantitative estimate of drug-likeness (QED) is 0.458. The van der Waals surface area contributed by atoms with E-state index in [0.717, 1.165) is 35.7 Å². The molecule has 4 rings (SSSR count). The molecule has 192 valence electrons. The normalized spacial score (nSPS) is 22.8. The van der Waals surface area contributed by atoms with Gasteiger partial charge in [-0.05, 0) is 47.2 Å². The molecule has 0 unspecified atom stereocenters. The number of aliphatic hydroxyl groups is 2. The number of likely N-dealkylation sites (tertiary alicyclic amines) is 1. The minimum absolute atomic E-state index is 0.120. The van der Waals surface area contributed by atoms with Crippen LogP contribution in [0.3, 0.4) is 0 Å². The van der Waals surface area contributed by atoms with Crippen LogP contribution in [0.2, 0.25) is 16.6 Å². The van der Waals surface area contributed by atoms with Crippen LogP contribution in [0, 0.1) is 0 Å². The van der Waals surface area contributed by atoms with Crippen LogP contribution in [0.15, 0.2) is 48.5 Å². The van der Waals surface area contributed by atoms with Crippen LogP contribution < -0.4 is 9.16 Å². The van der Waals surface area contributed by atoms with Crippen molar-refractivity contribution in [1.82, 2.24) is 4.90 Å². The Morgan fingerprint density at radius 2 is 1.54 bits per heavy atom. The molecule has 1 saturated heterocycles. The molecule has 6 heteroatoms. The summed E-state index contributed by atoms with van der Waals surface area (Å²) in [6.45, 7) is 15.6. The first-order chi connectivity index (χ1) is 16.6. The lowest BCUT2D eigenvalue weighted by molar-refractivity contribution is -0.0665. The molecule has 0 aliphatic carbocycles. The number of hydrogen-bond donors (Lipinski definition) is 2. The van der Waals surface area contributed by atoms with E-state index in [1.54, 1.807) is 0 Å². The van der Waals surface area contributed by atoms with Crippen molar-refractivity contribution in [1.29, 1.82) is 0 Å². The number of nitrogens with zero attached hydrogens (tertiary/aromatic N) is 1. The second kappa shape index (κ2) is 10.2. The van der Waals surface area contributed by atoms with Crippen molar-refractivity contribution in [2.24, 2.45) is 0 Å². The van der Waals surface area contributed by atoms with Crippen molar-refractivity contribution in [2.75, 3.05) is 19.7 Å². The lowest BCUT2D eigenvalue weighted by atomic mass is 9.83. The van der Waals surface area contributed by atoms with Gasteiger partial charge < -0.3 is 19.4 Å². The standard InChI is InChI=1S/C29H43NO4Si/c1-20(2)35(21(3)4,22(5)6)34-24-12-13-25-27(18-24)33-19-26(28(25)31)30-16-14-29(32,15-17-30)23-10-8-7-9-11-23/h7-13,18,20-22,26,28,31-32H,14-17,19H2,1-6H3/t26-,28-/m0/s1. The van der Waals surface area contributed by atoms with Gasteiger partial charge in [-0.15, -0.1) is 0 Å². The van der Waals surface area contributed by atoms with Gasteiger partial charge in [-0.3, -0.25) is 4.90 Å². The van der Waals surface area contributed by atoms with Gasteiger partial charge in [0.2, 0.25) is 0 Å². The average molecular weight is 498 g/mol. The van der Waals surface area contributed by atoms with Gasteiger partial charge in [0.1, 0.15) is 24.2 Å². The fourth-order valence-electron chi connectivity index (χ4n) is 6.55. The van der Waals surface area contributed by atoms with Crippen LogP contribution in [0.1, 0.15) is 71.6 Å². The zero-order chi connectivity index (χ0) is 25.4. The fourth-order valence-corrected chi connectivity index (χ4v) is 11.8. The average Bonchev–Trinajstić information content (AvgIpc) is 2.83. The Kier molecular flexibility index (Phi) is 7.67. The van der Waals surface area contributed by atoms with E-state index in [2.05, 4.69) is 46.4 Å². The van der Waals surface area contributed by atoms with Gasteiger partial charge in [0.05, 0.1) is 11.6 Å².